The first-order chi connectivity index (χ1) is 7.65. The molecule has 1 amide bonds. The zero-order valence-corrected chi connectivity index (χ0v) is 9.76. The Morgan fingerprint density at radius 1 is 1.38 bits per heavy atom. The quantitative estimate of drug-likeness (QED) is 0.538. The van der Waals surface area contributed by atoms with Crippen LogP contribution in [-0.4, -0.2) is 19.0 Å². The fourth-order valence-corrected chi connectivity index (χ4v) is 1.49. The van der Waals surface area contributed by atoms with Crippen LogP contribution in [0.2, 0.25) is 5.02 Å². The highest BCUT2D eigenvalue weighted by atomic mass is 35.5. The van der Waals surface area contributed by atoms with Crippen molar-refractivity contribution in [2.75, 3.05) is 18.8 Å². The Labute approximate surface area is 100.0 Å². The highest BCUT2D eigenvalue weighted by Gasteiger charge is 2.08. The Kier molecular flexibility index (Phi) is 5.08. The van der Waals surface area contributed by atoms with E-state index in [4.69, 9.17) is 23.1 Å². The van der Waals surface area contributed by atoms with E-state index in [1.54, 1.807) is 18.2 Å². The van der Waals surface area contributed by atoms with Gasteiger partial charge in [0.15, 0.2) is 0 Å². The molecule has 5 heteroatoms. The molecule has 0 saturated carbocycles. The average Bonchev–Trinajstić information content (AvgIpc) is 2.24. The summed E-state index contributed by atoms with van der Waals surface area (Å²) in [6.45, 7) is 1.25. The van der Waals surface area contributed by atoms with Crippen molar-refractivity contribution in [2.24, 2.45) is 5.73 Å². The van der Waals surface area contributed by atoms with Gasteiger partial charge in [0, 0.05) is 17.3 Å². The van der Waals surface area contributed by atoms with Crippen LogP contribution in [0.25, 0.3) is 0 Å². The van der Waals surface area contributed by atoms with Crippen molar-refractivity contribution in [3.63, 3.8) is 0 Å². The molecule has 0 radical (unpaired) electrons. The van der Waals surface area contributed by atoms with Gasteiger partial charge in [0.25, 0.3) is 5.91 Å². The van der Waals surface area contributed by atoms with E-state index in [0.29, 0.717) is 29.4 Å². The summed E-state index contributed by atoms with van der Waals surface area (Å²) in [6.07, 6.45) is 1.77. The second kappa shape index (κ2) is 6.35. The largest absolute Gasteiger partial charge is 0.398 e. The summed E-state index contributed by atoms with van der Waals surface area (Å²) >= 11 is 5.74. The van der Waals surface area contributed by atoms with Gasteiger partial charge in [-0.05, 0) is 37.6 Å². The van der Waals surface area contributed by atoms with Gasteiger partial charge in [-0.3, -0.25) is 4.79 Å². The molecule has 0 aliphatic rings. The number of carbonyl (C=O) groups excluding carboxylic acids is 1. The highest BCUT2D eigenvalue weighted by Crippen LogP contribution is 2.17. The van der Waals surface area contributed by atoms with Gasteiger partial charge in [0.2, 0.25) is 0 Å². The van der Waals surface area contributed by atoms with Crippen LogP contribution in [-0.2, 0) is 0 Å². The zero-order chi connectivity index (χ0) is 12.0. The molecular formula is C11H16ClN3O. The van der Waals surface area contributed by atoms with Crippen LogP contribution in [0.5, 0.6) is 0 Å². The molecule has 0 unspecified atom stereocenters. The van der Waals surface area contributed by atoms with E-state index < -0.39 is 0 Å². The summed E-state index contributed by atoms with van der Waals surface area (Å²) in [5, 5.41) is 3.30. The molecule has 0 spiro atoms. The molecule has 0 atom stereocenters. The van der Waals surface area contributed by atoms with E-state index in [9.17, 15) is 4.79 Å². The third-order valence-corrected chi connectivity index (χ3v) is 2.41. The zero-order valence-electron chi connectivity index (χ0n) is 9.00. The second-order valence-corrected chi connectivity index (χ2v) is 3.92. The number of hydrogen-bond acceptors (Lipinski definition) is 3. The molecule has 0 aliphatic carbocycles. The van der Waals surface area contributed by atoms with Gasteiger partial charge in [-0.1, -0.05) is 11.6 Å². The number of anilines is 1. The predicted octanol–water partition coefficient (Wildman–Crippen LogP) is 1.39. The fraction of sp³-hybridized carbons (Fsp3) is 0.364. The third kappa shape index (κ3) is 3.72. The number of nitrogens with one attached hydrogen (secondary N) is 1. The lowest BCUT2D eigenvalue weighted by Gasteiger charge is -2.07. The first kappa shape index (κ1) is 12.8. The highest BCUT2D eigenvalue weighted by molar-refractivity contribution is 6.31. The number of carbonyl (C=O) groups is 1. The smallest absolute Gasteiger partial charge is 0.253 e. The number of hydrogen-bond donors (Lipinski definition) is 3. The van der Waals surface area contributed by atoms with Crippen molar-refractivity contribution in [3.8, 4) is 0 Å². The molecule has 4 nitrogen and oxygen atoms in total. The summed E-state index contributed by atoms with van der Waals surface area (Å²) < 4.78 is 0. The first-order valence-electron chi connectivity index (χ1n) is 5.18. The van der Waals surface area contributed by atoms with Gasteiger partial charge in [0.05, 0.1) is 5.56 Å². The van der Waals surface area contributed by atoms with E-state index in [1.807, 2.05) is 0 Å². The van der Waals surface area contributed by atoms with E-state index in [0.717, 1.165) is 12.8 Å². The molecule has 1 aromatic rings. The Morgan fingerprint density at radius 3 is 2.75 bits per heavy atom. The number of unbranched alkanes of at least 4 members (excludes halogenated alkanes) is 1. The summed E-state index contributed by atoms with van der Waals surface area (Å²) in [6, 6.07) is 4.83. The molecule has 5 N–H and O–H groups in total. The molecule has 1 aromatic carbocycles. The number of amides is 1. The number of halogens is 1. The summed E-state index contributed by atoms with van der Waals surface area (Å²) in [4.78, 5) is 11.7. The van der Waals surface area contributed by atoms with Gasteiger partial charge in [-0.25, -0.2) is 0 Å². The maximum Gasteiger partial charge on any atom is 0.253 e. The normalized spacial score (nSPS) is 10.1. The Morgan fingerprint density at radius 2 is 2.12 bits per heavy atom. The number of rotatable bonds is 5. The van der Waals surface area contributed by atoms with Crippen LogP contribution in [0.3, 0.4) is 0 Å². The number of nitrogens with two attached hydrogens (primary N) is 2. The van der Waals surface area contributed by atoms with Gasteiger partial charge in [-0.15, -0.1) is 0 Å². The molecule has 0 aromatic heterocycles. The van der Waals surface area contributed by atoms with Crippen molar-refractivity contribution in [3.05, 3.63) is 28.8 Å². The summed E-state index contributed by atoms with van der Waals surface area (Å²) in [5.41, 5.74) is 11.9. The topological polar surface area (TPSA) is 81.1 Å². The van der Waals surface area contributed by atoms with Crippen molar-refractivity contribution < 1.29 is 4.79 Å². The Balaban J connectivity index is 2.53. The van der Waals surface area contributed by atoms with Crippen LogP contribution in [0.15, 0.2) is 18.2 Å². The van der Waals surface area contributed by atoms with Crippen LogP contribution >= 0.6 is 11.6 Å². The third-order valence-electron chi connectivity index (χ3n) is 2.17. The number of nitrogen functional groups attached to an aromatic ring is 1. The van der Waals surface area contributed by atoms with Crippen molar-refractivity contribution in [1.82, 2.24) is 5.32 Å². The maximum atomic E-state index is 11.7. The predicted molar refractivity (Wildman–Crippen MR) is 66.5 cm³/mol. The van der Waals surface area contributed by atoms with Gasteiger partial charge in [-0.2, -0.15) is 0 Å². The monoisotopic (exact) mass is 241 g/mol. The summed E-state index contributed by atoms with van der Waals surface area (Å²) in [5.74, 6) is -0.175. The van der Waals surface area contributed by atoms with Crippen LogP contribution in [0.4, 0.5) is 5.69 Å². The van der Waals surface area contributed by atoms with Crippen LogP contribution < -0.4 is 16.8 Å². The standard InChI is InChI=1S/C11H16ClN3O/c12-8-3-4-9(10(14)7-8)11(16)15-6-2-1-5-13/h3-4,7H,1-2,5-6,13-14H2,(H,15,16). The van der Waals surface area contributed by atoms with Crippen LogP contribution in [0, 0.1) is 0 Å². The molecule has 0 heterocycles. The average molecular weight is 242 g/mol. The molecule has 1 rings (SSSR count). The van der Waals surface area contributed by atoms with Crippen molar-refractivity contribution in [1.29, 1.82) is 0 Å². The number of benzene rings is 1. The molecule has 16 heavy (non-hydrogen) atoms. The van der Waals surface area contributed by atoms with Crippen molar-refractivity contribution in [2.45, 2.75) is 12.8 Å². The van der Waals surface area contributed by atoms with Crippen LogP contribution in [0.1, 0.15) is 23.2 Å². The minimum atomic E-state index is -0.175. The van der Waals surface area contributed by atoms with E-state index in [1.165, 1.54) is 0 Å². The lowest BCUT2D eigenvalue weighted by atomic mass is 10.1. The molecule has 0 bridgehead atoms. The summed E-state index contributed by atoms with van der Waals surface area (Å²) in [7, 11) is 0. The van der Waals surface area contributed by atoms with Gasteiger partial charge in [0.1, 0.15) is 0 Å². The lowest BCUT2D eigenvalue weighted by molar-refractivity contribution is 0.0954. The Bertz CT molecular complexity index is 368. The van der Waals surface area contributed by atoms with E-state index in [-0.39, 0.29) is 5.91 Å². The molecule has 0 saturated heterocycles. The van der Waals surface area contributed by atoms with E-state index >= 15 is 0 Å². The Hall–Kier alpha value is -1.26. The lowest BCUT2D eigenvalue weighted by Crippen LogP contribution is -2.25. The molecule has 0 fully saturated rings. The maximum absolute atomic E-state index is 11.7. The van der Waals surface area contributed by atoms with Crippen molar-refractivity contribution >= 4 is 23.2 Å². The molecular weight excluding hydrogens is 226 g/mol. The molecule has 0 aliphatic heterocycles. The van der Waals surface area contributed by atoms with E-state index in [2.05, 4.69) is 5.32 Å². The van der Waals surface area contributed by atoms with Gasteiger partial charge >= 0.3 is 0 Å². The molecule has 88 valence electrons. The minimum Gasteiger partial charge on any atom is -0.398 e. The second-order valence-electron chi connectivity index (χ2n) is 3.48. The minimum absolute atomic E-state index is 0.175. The fourth-order valence-electron chi connectivity index (χ4n) is 1.31. The van der Waals surface area contributed by atoms with Gasteiger partial charge < -0.3 is 16.8 Å². The SMILES string of the molecule is NCCCCNC(=O)c1ccc(Cl)cc1N. The first-order valence-corrected chi connectivity index (χ1v) is 5.56.